The molecule has 0 saturated carbocycles. The van der Waals surface area contributed by atoms with E-state index in [0.29, 0.717) is 5.69 Å². The van der Waals surface area contributed by atoms with Gasteiger partial charge < -0.3 is 9.67 Å². The number of rotatable bonds is 2. The molecule has 0 aliphatic heterocycles. The second-order valence-corrected chi connectivity index (χ2v) is 3.09. The summed E-state index contributed by atoms with van der Waals surface area (Å²) in [5.74, 6) is 0. The molecule has 72 valence electrons. The molecule has 4 heteroatoms. The Balaban J connectivity index is 2.34. The zero-order valence-corrected chi connectivity index (χ0v) is 7.83. The smallest absolute Gasteiger partial charge is 0.137 e. The average molecular weight is 189 g/mol. The molecule has 0 aromatic carbocycles. The molecule has 2 aromatic rings. The average Bonchev–Trinajstić information content (AvgIpc) is 2.65. The molecule has 0 bridgehead atoms. The SMILES string of the molecule is Cn1cncc1[C@H](O)c1ccccn1. The van der Waals surface area contributed by atoms with Gasteiger partial charge in [0.05, 0.1) is 23.9 Å². The zero-order valence-electron chi connectivity index (χ0n) is 7.83. The Labute approximate surface area is 81.9 Å². The van der Waals surface area contributed by atoms with Crippen molar-refractivity contribution >= 4 is 0 Å². The van der Waals surface area contributed by atoms with Gasteiger partial charge in [0.25, 0.3) is 0 Å². The van der Waals surface area contributed by atoms with Crippen LogP contribution in [0.15, 0.2) is 36.9 Å². The van der Waals surface area contributed by atoms with E-state index in [0.717, 1.165) is 5.69 Å². The lowest BCUT2D eigenvalue weighted by Crippen LogP contribution is -2.06. The maximum absolute atomic E-state index is 9.94. The minimum absolute atomic E-state index is 0.635. The van der Waals surface area contributed by atoms with Crippen molar-refractivity contribution in [3.8, 4) is 0 Å². The summed E-state index contributed by atoms with van der Waals surface area (Å²) in [5.41, 5.74) is 1.37. The predicted octanol–water partition coefficient (Wildman–Crippen LogP) is 0.897. The highest BCUT2D eigenvalue weighted by molar-refractivity contribution is 5.17. The third-order valence-corrected chi connectivity index (χ3v) is 2.10. The largest absolute Gasteiger partial charge is 0.380 e. The Bertz CT molecular complexity index is 410. The third-order valence-electron chi connectivity index (χ3n) is 2.10. The van der Waals surface area contributed by atoms with Gasteiger partial charge in [0, 0.05) is 13.2 Å². The fourth-order valence-electron chi connectivity index (χ4n) is 1.32. The van der Waals surface area contributed by atoms with Crippen LogP contribution in [-0.2, 0) is 7.05 Å². The van der Waals surface area contributed by atoms with Crippen molar-refractivity contribution in [1.82, 2.24) is 14.5 Å². The molecule has 1 atom stereocenters. The summed E-state index contributed by atoms with van der Waals surface area (Å²) >= 11 is 0. The summed E-state index contributed by atoms with van der Waals surface area (Å²) in [6, 6.07) is 5.46. The molecule has 2 aromatic heterocycles. The maximum Gasteiger partial charge on any atom is 0.137 e. The maximum atomic E-state index is 9.94. The number of aromatic nitrogens is 3. The Kier molecular flexibility index (Phi) is 2.28. The first-order chi connectivity index (χ1) is 6.79. The van der Waals surface area contributed by atoms with E-state index >= 15 is 0 Å². The van der Waals surface area contributed by atoms with Crippen LogP contribution in [0.1, 0.15) is 17.5 Å². The fourth-order valence-corrected chi connectivity index (χ4v) is 1.32. The van der Waals surface area contributed by atoms with Crippen LogP contribution >= 0.6 is 0 Å². The Morgan fingerprint density at radius 3 is 2.86 bits per heavy atom. The van der Waals surface area contributed by atoms with Crippen molar-refractivity contribution < 1.29 is 5.11 Å². The minimum atomic E-state index is -0.705. The summed E-state index contributed by atoms with van der Waals surface area (Å²) in [6.45, 7) is 0. The second-order valence-electron chi connectivity index (χ2n) is 3.09. The first-order valence-electron chi connectivity index (χ1n) is 4.34. The van der Waals surface area contributed by atoms with Gasteiger partial charge in [-0.05, 0) is 12.1 Å². The number of hydrogen-bond acceptors (Lipinski definition) is 3. The first-order valence-corrected chi connectivity index (χ1v) is 4.34. The molecule has 0 unspecified atom stereocenters. The summed E-state index contributed by atoms with van der Waals surface area (Å²) in [7, 11) is 1.84. The standard InChI is InChI=1S/C10H11N3O/c1-13-7-11-6-9(13)10(14)8-4-2-3-5-12-8/h2-7,10,14H,1H3/t10-/m1/s1. The van der Waals surface area contributed by atoms with Crippen molar-refractivity contribution in [2.75, 3.05) is 0 Å². The lowest BCUT2D eigenvalue weighted by molar-refractivity contribution is 0.206. The van der Waals surface area contributed by atoms with E-state index in [1.54, 1.807) is 29.4 Å². The van der Waals surface area contributed by atoms with Crippen LogP contribution in [-0.4, -0.2) is 19.6 Å². The highest BCUT2D eigenvalue weighted by Gasteiger charge is 2.13. The minimum Gasteiger partial charge on any atom is -0.380 e. The molecule has 0 fully saturated rings. The molecule has 1 N–H and O–H groups in total. The van der Waals surface area contributed by atoms with Crippen LogP contribution in [0.3, 0.4) is 0 Å². The quantitative estimate of drug-likeness (QED) is 0.763. The van der Waals surface area contributed by atoms with Crippen LogP contribution < -0.4 is 0 Å². The van der Waals surface area contributed by atoms with Gasteiger partial charge in [0.1, 0.15) is 6.10 Å². The van der Waals surface area contributed by atoms with E-state index in [4.69, 9.17) is 0 Å². The molecule has 0 radical (unpaired) electrons. The van der Waals surface area contributed by atoms with Gasteiger partial charge in [0.2, 0.25) is 0 Å². The molecule has 0 spiro atoms. The third kappa shape index (κ3) is 1.52. The highest BCUT2D eigenvalue weighted by atomic mass is 16.3. The van der Waals surface area contributed by atoms with Crippen molar-refractivity contribution in [3.05, 3.63) is 48.3 Å². The fraction of sp³-hybridized carbons (Fsp3) is 0.200. The highest BCUT2D eigenvalue weighted by Crippen LogP contribution is 2.18. The van der Waals surface area contributed by atoms with E-state index in [1.165, 1.54) is 0 Å². The van der Waals surface area contributed by atoms with Gasteiger partial charge in [-0.25, -0.2) is 4.98 Å². The van der Waals surface area contributed by atoms with Gasteiger partial charge >= 0.3 is 0 Å². The van der Waals surface area contributed by atoms with E-state index in [1.807, 2.05) is 19.2 Å². The number of nitrogens with zero attached hydrogens (tertiary/aromatic N) is 3. The van der Waals surface area contributed by atoms with E-state index < -0.39 is 6.10 Å². The molecule has 2 rings (SSSR count). The number of aryl methyl sites for hydroxylation is 1. The molecular weight excluding hydrogens is 178 g/mol. The molecule has 0 saturated heterocycles. The molecule has 0 amide bonds. The van der Waals surface area contributed by atoms with E-state index in [-0.39, 0.29) is 0 Å². The van der Waals surface area contributed by atoms with Crippen molar-refractivity contribution in [2.45, 2.75) is 6.10 Å². The van der Waals surface area contributed by atoms with Gasteiger partial charge in [-0.2, -0.15) is 0 Å². The molecular formula is C10H11N3O. The summed E-state index contributed by atoms with van der Waals surface area (Å²) in [6.07, 6.45) is 4.25. The Morgan fingerprint density at radius 1 is 1.43 bits per heavy atom. The normalized spacial score (nSPS) is 12.7. The molecule has 0 aliphatic rings. The van der Waals surface area contributed by atoms with Crippen LogP contribution in [0, 0.1) is 0 Å². The predicted molar refractivity (Wildman–Crippen MR) is 51.5 cm³/mol. The van der Waals surface area contributed by atoms with Crippen molar-refractivity contribution in [3.63, 3.8) is 0 Å². The van der Waals surface area contributed by atoms with Crippen molar-refractivity contribution in [2.24, 2.45) is 7.05 Å². The monoisotopic (exact) mass is 189 g/mol. The van der Waals surface area contributed by atoms with Crippen LogP contribution in [0.4, 0.5) is 0 Å². The van der Waals surface area contributed by atoms with Gasteiger partial charge in [-0.1, -0.05) is 6.07 Å². The Morgan fingerprint density at radius 2 is 2.29 bits per heavy atom. The number of imidazole rings is 1. The lowest BCUT2D eigenvalue weighted by Gasteiger charge is -2.09. The van der Waals surface area contributed by atoms with Crippen LogP contribution in [0.25, 0.3) is 0 Å². The molecule has 0 aliphatic carbocycles. The lowest BCUT2D eigenvalue weighted by atomic mass is 10.2. The topological polar surface area (TPSA) is 50.9 Å². The number of pyridine rings is 1. The molecule has 2 heterocycles. The van der Waals surface area contributed by atoms with Gasteiger partial charge in [-0.15, -0.1) is 0 Å². The number of aliphatic hydroxyl groups excluding tert-OH is 1. The summed E-state index contributed by atoms with van der Waals surface area (Å²) < 4.78 is 1.78. The summed E-state index contributed by atoms with van der Waals surface area (Å²) in [5, 5.41) is 9.94. The van der Waals surface area contributed by atoms with E-state index in [2.05, 4.69) is 9.97 Å². The molecule has 14 heavy (non-hydrogen) atoms. The van der Waals surface area contributed by atoms with Crippen LogP contribution in [0.5, 0.6) is 0 Å². The van der Waals surface area contributed by atoms with Gasteiger partial charge in [-0.3, -0.25) is 4.98 Å². The Hall–Kier alpha value is -1.68. The summed E-state index contributed by atoms with van der Waals surface area (Å²) in [4.78, 5) is 8.03. The number of aliphatic hydroxyl groups is 1. The zero-order chi connectivity index (χ0) is 9.97. The first kappa shape index (κ1) is 8.90. The van der Waals surface area contributed by atoms with Gasteiger partial charge in [0.15, 0.2) is 0 Å². The number of hydrogen-bond donors (Lipinski definition) is 1. The van der Waals surface area contributed by atoms with Crippen molar-refractivity contribution in [1.29, 1.82) is 0 Å². The van der Waals surface area contributed by atoms with Crippen LogP contribution in [0.2, 0.25) is 0 Å². The second kappa shape index (κ2) is 3.59. The van der Waals surface area contributed by atoms with E-state index in [9.17, 15) is 5.11 Å². The molecule has 4 nitrogen and oxygen atoms in total.